The van der Waals surface area contributed by atoms with E-state index in [-0.39, 0.29) is 10.8 Å². The van der Waals surface area contributed by atoms with Crippen molar-refractivity contribution >= 4 is 27.3 Å². The molecule has 1 heterocycles. The van der Waals surface area contributed by atoms with E-state index in [1.807, 2.05) is 31.2 Å². The van der Waals surface area contributed by atoms with Crippen molar-refractivity contribution in [1.29, 1.82) is 0 Å². The SMILES string of the molecule is CCc1ccccc1NC(=O)c1cc(S(=O)(=O)N(CC)CC)ccc1N1CCOCC1. The lowest BCUT2D eigenvalue weighted by Gasteiger charge is -2.31. The topological polar surface area (TPSA) is 79.0 Å². The van der Waals surface area contributed by atoms with Crippen LogP contribution in [0.2, 0.25) is 0 Å². The van der Waals surface area contributed by atoms with Gasteiger partial charge in [0.15, 0.2) is 0 Å². The minimum absolute atomic E-state index is 0.127. The van der Waals surface area contributed by atoms with Gasteiger partial charge in [-0.15, -0.1) is 0 Å². The Bertz CT molecular complexity index is 1010. The lowest BCUT2D eigenvalue weighted by molar-refractivity contribution is 0.102. The summed E-state index contributed by atoms with van der Waals surface area (Å²) in [5.41, 5.74) is 2.82. The van der Waals surface area contributed by atoms with E-state index in [1.165, 1.54) is 10.4 Å². The van der Waals surface area contributed by atoms with Gasteiger partial charge in [0.1, 0.15) is 0 Å². The fraction of sp³-hybridized carbons (Fsp3) is 0.435. The summed E-state index contributed by atoms with van der Waals surface area (Å²) < 4.78 is 33.0. The average Bonchev–Trinajstić information content (AvgIpc) is 2.80. The highest BCUT2D eigenvalue weighted by molar-refractivity contribution is 7.89. The number of ether oxygens (including phenoxy) is 1. The third-order valence-corrected chi connectivity index (χ3v) is 7.60. The maximum atomic E-state index is 13.4. The second-order valence-electron chi connectivity index (χ2n) is 7.33. The van der Waals surface area contributed by atoms with E-state index in [1.54, 1.807) is 26.0 Å². The van der Waals surface area contributed by atoms with Crippen molar-refractivity contribution in [1.82, 2.24) is 4.31 Å². The van der Waals surface area contributed by atoms with Crippen LogP contribution in [-0.2, 0) is 21.2 Å². The first kappa shape index (κ1) is 23.2. The molecule has 1 N–H and O–H groups in total. The molecule has 0 saturated carbocycles. The molecule has 0 aromatic heterocycles. The molecule has 0 bridgehead atoms. The van der Waals surface area contributed by atoms with Crippen LogP contribution < -0.4 is 10.2 Å². The summed E-state index contributed by atoms with van der Waals surface area (Å²) >= 11 is 0. The molecule has 2 aromatic rings. The molecule has 1 saturated heterocycles. The summed E-state index contributed by atoms with van der Waals surface area (Å²) in [5, 5.41) is 2.99. The molecule has 31 heavy (non-hydrogen) atoms. The third-order valence-electron chi connectivity index (χ3n) is 5.55. The lowest BCUT2D eigenvalue weighted by Crippen LogP contribution is -2.37. The summed E-state index contributed by atoms with van der Waals surface area (Å²) in [4.78, 5) is 15.6. The molecule has 0 spiro atoms. The number of morpholine rings is 1. The monoisotopic (exact) mass is 445 g/mol. The highest BCUT2D eigenvalue weighted by Gasteiger charge is 2.26. The van der Waals surface area contributed by atoms with Gasteiger partial charge in [0.2, 0.25) is 10.0 Å². The van der Waals surface area contributed by atoms with Gasteiger partial charge >= 0.3 is 0 Å². The summed E-state index contributed by atoms with van der Waals surface area (Å²) in [6, 6.07) is 12.5. The van der Waals surface area contributed by atoms with Crippen molar-refractivity contribution in [2.45, 2.75) is 32.1 Å². The highest BCUT2D eigenvalue weighted by Crippen LogP contribution is 2.28. The van der Waals surface area contributed by atoms with Crippen LogP contribution in [0.3, 0.4) is 0 Å². The van der Waals surface area contributed by atoms with Crippen LogP contribution in [0.4, 0.5) is 11.4 Å². The van der Waals surface area contributed by atoms with Gasteiger partial charge in [0, 0.05) is 37.6 Å². The largest absolute Gasteiger partial charge is 0.378 e. The maximum Gasteiger partial charge on any atom is 0.257 e. The summed E-state index contributed by atoms with van der Waals surface area (Å²) in [6.07, 6.45) is 0.781. The number of amides is 1. The fourth-order valence-corrected chi connectivity index (χ4v) is 5.28. The first-order valence-corrected chi connectivity index (χ1v) is 12.2. The number of anilines is 2. The molecule has 0 atom stereocenters. The number of hydrogen-bond acceptors (Lipinski definition) is 5. The molecular formula is C23H31N3O4S. The quantitative estimate of drug-likeness (QED) is 0.674. The average molecular weight is 446 g/mol. The molecule has 7 nitrogen and oxygen atoms in total. The summed E-state index contributed by atoms with van der Waals surface area (Å²) in [7, 11) is -3.68. The molecule has 3 rings (SSSR count). The van der Waals surface area contributed by atoms with E-state index in [0.29, 0.717) is 50.6 Å². The van der Waals surface area contributed by atoms with Gasteiger partial charge in [-0.25, -0.2) is 8.42 Å². The molecular weight excluding hydrogens is 414 g/mol. The molecule has 1 amide bonds. The van der Waals surface area contributed by atoms with Crippen molar-refractivity contribution in [3.63, 3.8) is 0 Å². The molecule has 0 radical (unpaired) electrons. The number of aryl methyl sites for hydroxylation is 1. The van der Waals surface area contributed by atoms with E-state index in [0.717, 1.165) is 17.7 Å². The van der Waals surface area contributed by atoms with Crippen LogP contribution in [0.15, 0.2) is 47.4 Å². The first-order valence-electron chi connectivity index (χ1n) is 10.8. The van der Waals surface area contributed by atoms with Gasteiger partial charge in [-0.05, 0) is 36.2 Å². The van der Waals surface area contributed by atoms with Crippen molar-refractivity contribution in [3.05, 3.63) is 53.6 Å². The Kier molecular flexibility index (Phi) is 7.69. The highest BCUT2D eigenvalue weighted by atomic mass is 32.2. The predicted molar refractivity (Wildman–Crippen MR) is 123 cm³/mol. The molecule has 1 aliphatic rings. The van der Waals surface area contributed by atoms with Crippen molar-refractivity contribution in [2.24, 2.45) is 0 Å². The lowest BCUT2D eigenvalue weighted by atomic mass is 10.1. The van der Waals surface area contributed by atoms with Gasteiger partial charge in [0.25, 0.3) is 5.91 Å². The van der Waals surface area contributed by atoms with E-state index in [2.05, 4.69) is 10.2 Å². The number of carbonyl (C=O) groups excluding carboxylic acids is 1. The van der Waals surface area contributed by atoms with Crippen LogP contribution in [0, 0.1) is 0 Å². The van der Waals surface area contributed by atoms with Crippen molar-refractivity contribution in [2.75, 3.05) is 49.6 Å². The zero-order valence-electron chi connectivity index (χ0n) is 18.4. The van der Waals surface area contributed by atoms with E-state index in [9.17, 15) is 13.2 Å². The number of sulfonamides is 1. The Hall–Kier alpha value is -2.42. The van der Waals surface area contributed by atoms with E-state index >= 15 is 0 Å². The number of carbonyl (C=O) groups is 1. The zero-order chi connectivity index (χ0) is 22.4. The molecule has 2 aromatic carbocycles. The smallest absolute Gasteiger partial charge is 0.257 e. The Morgan fingerprint density at radius 3 is 2.39 bits per heavy atom. The molecule has 8 heteroatoms. The molecule has 1 fully saturated rings. The number of nitrogens with zero attached hydrogens (tertiary/aromatic N) is 2. The summed E-state index contributed by atoms with van der Waals surface area (Å²) in [6.45, 7) is 8.81. The number of hydrogen-bond donors (Lipinski definition) is 1. The van der Waals surface area contributed by atoms with Gasteiger partial charge < -0.3 is 15.0 Å². The fourth-order valence-electron chi connectivity index (χ4n) is 3.79. The van der Waals surface area contributed by atoms with Gasteiger partial charge in [0.05, 0.1) is 23.7 Å². The van der Waals surface area contributed by atoms with Crippen LogP contribution in [0.5, 0.6) is 0 Å². The Morgan fingerprint density at radius 1 is 1.06 bits per heavy atom. The van der Waals surface area contributed by atoms with E-state index < -0.39 is 10.0 Å². The predicted octanol–water partition coefficient (Wildman–Crippen LogP) is 3.37. The summed E-state index contributed by atoms with van der Waals surface area (Å²) in [5.74, 6) is -0.320. The number of benzene rings is 2. The van der Waals surface area contributed by atoms with Gasteiger partial charge in [-0.3, -0.25) is 4.79 Å². The Balaban J connectivity index is 2.04. The second-order valence-corrected chi connectivity index (χ2v) is 9.27. The second kappa shape index (κ2) is 10.3. The number of para-hydroxylation sites is 1. The third kappa shape index (κ3) is 5.08. The normalized spacial score (nSPS) is 14.6. The minimum atomic E-state index is -3.68. The van der Waals surface area contributed by atoms with Crippen LogP contribution in [-0.4, -0.2) is 58.0 Å². The van der Waals surface area contributed by atoms with Gasteiger partial charge in [-0.1, -0.05) is 39.0 Å². The van der Waals surface area contributed by atoms with Gasteiger partial charge in [-0.2, -0.15) is 4.31 Å². The Morgan fingerprint density at radius 2 is 1.74 bits per heavy atom. The zero-order valence-corrected chi connectivity index (χ0v) is 19.2. The van der Waals surface area contributed by atoms with Crippen molar-refractivity contribution in [3.8, 4) is 0 Å². The Labute approximate surface area is 185 Å². The van der Waals surface area contributed by atoms with Crippen LogP contribution in [0.1, 0.15) is 36.7 Å². The standard InChI is InChI=1S/C23H31N3O4S/c1-4-18-9-7-8-10-21(18)24-23(27)20-17-19(31(28,29)26(5-2)6-3)11-12-22(20)25-13-15-30-16-14-25/h7-12,17H,4-6,13-16H2,1-3H3,(H,24,27). The minimum Gasteiger partial charge on any atom is -0.378 e. The first-order chi connectivity index (χ1) is 14.9. The van der Waals surface area contributed by atoms with Crippen molar-refractivity contribution < 1.29 is 17.9 Å². The number of nitrogens with one attached hydrogen (secondary N) is 1. The maximum absolute atomic E-state index is 13.4. The molecule has 1 aliphatic heterocycles. The van der Waals surface area contributed by atoms with E-state index in [4.69, 9.17) is 4.74 Å². The molecule has 0 aliphatic carbocycles. The van der Waals surface area contributed by atoms with Crippen LogP contribution >= 0.6 is 0 Å². The number of rotatable bonds is 8. The molecule has 0 unspecified atom stereocenters. The molecule has 168 valence electrons. The van der Waals surface area contributed by atoms with Crippen LogP contribution in [0.25, 0.3) is 0 Å².